The van der Waals surface area contributed by atoms with Crippen LogP contribution in [0.3, 0.4) is 0 Å². The van der Waals surface area contributed by atoms with Gasteiger partial charge in [-0.3, -0.25) is 9.59 Å². The highest BCUT2D eigenvalue weighted by Crippen LogP contribution is 2.22. The third-order valence-electron chi connectivity index (χ3n) is 3.65. The Hall–Kier alpha value is -1.31. The molecular weight excluding hydrogens is 365 g/mol. The monoisotopic (exact) mass is 398 g/mol. The van der Waals surface area contributed by atoms with E-state index in [1.54, 1.807) is 34.6 Å². The third-order valence-corrected chi connectivity index (χ3v) is 3.65. The van der Waals surface area contributed by atoms with E-state index in [-0.39, 0.29) is 25.4 Å². The van der Waals surface area contributed by atoms with Crippen molar-refractivity contribution in [1.29, 1.82) is 0 Å². The van der Waals surface area contributed by atoms with Gasteiger partial charge in [0.05, 0.1) is 18.4 Å². The van der Waals surface area contributed by atoms with Crippen molar-refractivity contribution in [3.8, 4) is 0 Å². The lowest BCUT2D eigenvalue weighted by Crippen LogP contribution is -2.38. The number of esters is 2. The molecule has 0 rings (SSSR count). The Morgan fingerprint density at radius 1 is 1.00 bits per heavy atom. The third kappa shape index (κ3) is 12.7. The SMILES string of the molecule is CC(C)[C@H](OC(=O)[C@H](C)CC(=O)OC(C)(C)C)[C@H](C)OCCCC(F)(F)F. The van der Waals surface area contributed by atoms with Crippen molar-refractivity contribution in [2.45, 2.75) is 91.7 Å². The van der Waals surface area contributed by atoms with E-state index >= 15 is 0 Å². The van der Waals surface area contributed by atoms with E-state index in [1.165, 1.54) is 0 Å². The summed E-state index contributed by atoms with van der Waals surface area (Å²) in [4.78, 5) is 24.1. The molecule has 0 aliphatic rings. The molecule has 0 aliphatic heterocycles. The number of halogens is 3. The lowest BCUT2D eigenvalue weighted by molar-refractivity contribution is -0.171. The molecule has 27 heavy (non-hydrogen) atoms. The van der Waals surface area contributed by atoms with Crippen LogP contribution in [0, 0.1) is 11.8 Å². The van der Waals surface area contributed by atoms with Crippen LogP contribution in [0.25, 0.3) is 0 Å². The number of alkyl halides is 3. The fourth-order valence-corrected chi connectivity index (χ4v) is 2.38. The molecule has 0 aromatic carbocycles. The topological polar surface area (TPSA) is 61.8 Å². The van der Waals surface area contributed by atoms with Gasteiger partial charge in [0.15, 0.2) is 0 Å². The largest absolute Gasteiger partial charge is 0.460 e. The minimum absolute atomic E-state index is 0.0745. The summed E-state index contributed by atoms with van der Waals surface area (Å²) in [5.41, 5.74) is -0.639. The minimum Gasteiger partial charge on any atom is -0.460 e. The molecule has 0 unspecified atom stereocenters. The predicted octanol–water partition coefficient (Wildman–Crippen LogP) is 4.67. The number of carbonyl (C=O) groups excluding carboxylic acids is 2. The van der Waals surface area contributed by atoms with Gasteiger partial charge in [0.1, 0.15) is 11.7 Å². The second kappa shape index (κ2) is 10.9. The molecule has 0 saturated carbocycles. The first-order valence-corrected chi connectivity index (χ1v) is 9.23. The van der Waals surface area contributed by atoms with E-state index in [1.807, 2.05) is 13.8 Å². The van der Waals surface area contributed by atoms with Gasteiger partial charge in [-0.25, -0.2) is 0 Å². The summed E-state index contributed by atoms with van der Waals surface area (Å²) in [5.74, 6) is -1.85. The van der Waals surface area contributed by atoms with Crippen LogP contribution in [0.2, 0.25) is 0 Å². The van der Waals surface area contributed by atoms with E-state index in [0.29, 0.717) is 0 Å². The van der Waals surface area contributed by atoms with Gasteiger partial charge in [0.25, 0.3) is 0 Å². The molecule has 0 amide bonds. The molecule has 0 fully saturated rings. The van der Waals surface area contributed by atoms with Gasteiger partial charge < -0.3 is 14.2 Å². The fourth-order valence-electron chi connectivity index (χ4n) is 2.38. The smallest absolute Gasteiger partial charge is 0.389 e. The summed E-state index contributed by atoms with van der Waals surface area (Å²) < 4.78 is 52.6. The van der Waals surface area contributed by atoms with Gasteiger partial charge in [-0.15, -0.1) is 0 Å². The van der Waals surface area contributed by atoms with Gasteiger partial charge in [-0.1, -0.05) is 20.8 Å². The fraction of sp³-hybridized carbons (Fsp3) is 0.895. The van der Waals surface area contributed by atoms with Gasteiger partial charge in [-0.2, -0.15) is 13.2 Å². The molecule has 0 heterocycles. The molecule has 0 N–H and O–H groups in total. The number of carbonyl (C=O) groups is 2. The number of hydrogen-bond donors (Lipinski definition) is 0. The summed E-state index contributed by atoms with van der Waals surface area (Å²) in [7, 11) is 0. The van der Waals surface area contributed by atoms with Crippen LogP contribution in [0.4, 0.5) is 13.2 Å². The highest BCUT2D eigenvalue weighted by Gasteiger charge is 2.30. The van der Waals surface area contributed by atoms with E-state index < -0.39 is 48.3 Å². The van der Waals surface area contributed by atoms with E-state index in [9.17, 15) is 22.8 Å². The second-order valence-corrected chi connectivity index (χ2v) is 8.13. The van der Waals surface area contributed by atoms with Crippen LogP contribution in [0.15, 0.2) is 0 Å². The molecule has 0 radical (unpaired) electrons. The standard InChI is InChI=1S/C19H33F3O5/c1-12(2)16(14(4)25-10-8-9-19(20,21)22)26-17(24)13(3)11-15(23)27-18(5,6)7/h12-14,16H,8-11H2,1-7H3/t13-,14+,16+/m1/s1. The van der Waals surface area contributed by atoms with Crippen LogP contribution in [0.5, 0.6) is 0 Å². The maximum atomic E-state index is 12.3. The van der Waals surface area contributed by atoms with Crippen molar-refractivity contribution in [3.05, 3.63) is 0 Å². The van der Waals surface area contributed by atoms with Gasteiger partial charge in [0, 0.05) is 13.0 Å². The van der Waals surface area contributed by atoms with Gasteiger partial charge in [-0.05, 0) is 40.0 Å². The van der Waals surface area contributed by atoms with Crippen LogP contribution < -0.4 is 0 Å². The molecule has 160 valence electrons. The lowest BCUT2D eigenvalue weighted by Gasteiger charge is -2.29. The zero-order valence-electron chi connectivity index (χ0n) is 17.3. The molecule has 0 bridgehead atoms. The Balaban J connectivity index is 4.57. The van der Waals surface area contributed by atoms with Crippen molar-refractivity contribution in [2.75, 3.05) is 6.61 Å². The highest BCUT2D eigenvalue weighted by molar-refractivity contribution is 5.79. The molecule has 0 spiro atoms. The molecule has 0 saturated heterocycles. The number of hydrogen-bond acceptors (Lipinski definition) is 5. The zero-order valence-corrected chi connectivity index (χ0v) is 17.3. The molecule has 0 aliphatic carbocycles. The van der Waals surface area contributed by atoms with Crippen molar-refractivity contribution in [1.82, 2.24) is 0 Å². The van der Waals surface area contributed by atoms with Crippen LogP contribution in [-0.2, 0) is 23.8 Å². The van der Waals surface area contributed by atoms with E-state index in [4.69, 9.17) is 14.2 Å². The first kappa shape index (κ1) is 25.7. The van der Waals surface area contributed by atoms with Crippen molar-refractivity contribution in [3.63, 3.8) is 0 Å². The van der Waals surface area contributed by atoms with Crippen LogP contribution >= 0.6 is 0 Å². The molecule has 8 heteroatoms. The Labute approximate surface area is 159 Å². The predicted molar refractivity (Wildman–Crippen MR) is 95.0 cm³/mol. The summed E-state index contributed by atoms with van der Waals surface area (Å²) in [5, 5.41) is 0. The molecule has 0 aromatic heterocycles. The molecule has 5 nitrogen and oxygen atoms in total. The summed E-state index contributed by atoms with van der Waals surface area (Å²) in [6, 6.07) is 0. The summed E-state index contributed by atoms with van der Waals surface area (Å²) in [6.07, 6.45) is -6.57. The highest BCUT2D eigenvalue weighted by atomic mass is 19.4. The Bertz CT molecular complexity index is 469. The van der Waals surface area contributed by atoms with Gasteiger partial charge in [0.2, 0.25) is 0 Å². The average Bonchev–Trinajstić information content (AvgIpc) is 2.45. The number of ether oxygens (including phenoxy) is 3. The van der Waals surface area contributed by atoms with Crippen molar-refractivity contribution >= 4 is 11.9 Å². The quantitative estimate of drug-likeness (QED) is 0.395. The van der Waals surface area contributed by atoms with Crippen LogP contribution in [-0.4, -0.2) is 42.5 Å². The van der Waals surface area contributed by atoms with Crippen molar-refractivity contribution < 1.29 is 37.0 Å². The molecular formula is C19H33F3O5. The maximum Gasteiger partial charge on any atom is 0.389 e. The Morgan fingerprint density at radius 2 is 1.56 bits per heavy atom. The summed E-state index contributed by atoms with van der Waals surface area (Å²) in [6.45, 7) is 12.0. The van der Waals surface area contributed by atoms with E-state index in [0.717, 1.165) is 0 Å². The second-order valence-electron chi connectivity index (χ2n) is 8.13. The zero-order chi connectivity index (χ0) is 21.4. The normalized spacial score (nSPS) is 16.0. The molecule has 0 aromatic rings. The molecule has 3 atom stereocenters. The Kier molecular flexibility index (Phi) is 10.4. The number of rotatable bonds is 10. The van der Waals surface area contributed by atoms with Crippen LogP contribution in [0.1, 0.15) is 67.7 Å². The average molecular weight is 398 g/mol. The first-order chi connectivity index (χ1) is 12.1. The van der Waals surface area contributed by atoms with E-state index in [2.05, 4.69) is 0 Å². The first-order valence-electron chi connectivity index (χ1n) is 9.23. The minimum atomic E-state index is -4.21. The Morgan fingerprint density at radius 3 is 2.00 bits per heavy atom. The van der Waals surface area contributed by atoms with Gasteiger partial charge >= 0.3 is 18.1 Å². The maximum absolute atomic E-state index is 12.3. The summed E-state index contributed by atoms with van der Waals surface area (Å²) >= 11 is 0. The van der Waals surface area contributed by atoms with Crippen molar-refractivity contribution in [2.24, 2.45) is 11.8 Å². The lowest BCUT2D eigenvalue weighted by atomic mass is 10.0.